The van der Waals surface area contributed by atoms with Gasteiger partial charge in [0.25, 0.3) is 0 Å². The highest BCUT2D eigenvalue weighted by Gasteiger charge is 2.65. The molecule has 4 aliphatic rings. The summed E-state index contributed by atoms with van der Waals surface area (Å²) in [5, 5.41) is 10.2. The molecule has 0 radical (unpaired) electrons. The van der Waals surface area contributed by atoms with Gasteiger partial charge in [-0.15, -0.1) is 0 Å². The van der Waals surface area contributed by atoms with Crippen LogP contribution in [-0.4, -0.2) is 11.2 Å². The maximum Gasteiger partial charge on any atom is 0.0602 e. The van der Waals surface area contributed by atoms with Crippen LogP contribution in [0.5, 0.6) is 0 Å². The summed E-state index contributed by atoms with van der Waals surface area (Å²) in [6.07, 6.45) is 8.71. The Morgan fingerprint density at radius 1 is 0.643 bits per heavy atom. The lowest BCUT2D eigenvalue weighted by Crippen LogP contribution is -2.51. The van der Waals surface area contributed by atoms with Crippen LogP contribution in [-0.2, 0) is 0 Å². The number of fused-ring (bicyclic) bond motifs is 8. The Hall–Kier alpha value is -0.0400. The molecule has 0 aliphatic heterocycles. The Labute approximate surface area is 85.9 Å². The average Bonchev–Trinajstić information content (AvgIpc) is 2.65. The van der Waals surface area contributed by atoms with Crippen LogP contribution < -0.4 is 0 Å². The molecule has 0 spiro atoms. The molecule has 7 atom stereocenters. The second kappa shape index (κ2) is 2.55. The van der Waals surface area contributed by atoms with Crippen molar-refractivity contribution in [3.63, 3.8) is 0 Å². The fourth-order valence-electron chi connectivity index (χ4n) is 5.66. The average molecular weight is 192 g/mol. The highest BCUT2D eigenvalue weighted by Crippen LogP contribution is 2.69. The number of aliphatic hydroxyl groups excluding tert-OH is 1. The molecule has 0 heterocycles. The number of rotatable bonds is 0. The molecule has 4 saturated carbocycles. The second-order valence-electron chi connectivity index (χ2n) is 6.16. The van der Waals surface area contributed by atoms with Crippen LogP contribution in [0.4, 0.5) is 0 Å². The molecule has 0 amide bonds. The van der Waals surface area contributed by atoms with Crippen molar-refractivity contribution in [1.82, 2.24) is 0 Å². The molecular formula is C13H20O. The topological polar surface area (TPSA) is 20.2 Å². The van der Waals surface area contributed by atoms with Crippen LogP contribution in [0.25, 0.3) is 0 Å². The maximum atomic E-state index is 10.2. The standard InChI is InChI=1S/C13H20O/c14-13-9-5-6-10(13)12-8-4-2-1-3-7(8)11(9)12/h7-14H,1-6H2/t7-,8+,9-,10+,11-,12+,13?. The van der Waals surface area contributed by atoms with E-state index in [9.17, 15) is 5.11 Å². The Balaban J connectivity index is 1.66. The molecule has 1 unspecified atom stereocenters. The normalized spacial score (nSPS) is 64.5. The highest BCUT2D eigenvalue weighted by atomic mass is 16.3. The van der Waals surface area contributed by atoms with E-state index in [2.05, 4.69) is 0 Å². The molecule has 0 aromatic rings. The van der Waals surface area contributed by atoms with Crippen LogP contribution in [0.15, 0.2) is 0 Å². The van der Waals surface area contributed by atoms with E-state index in [0.29, 0.717) is 0 Å². The molecule has 1 nitrogen and oxygen atoms in total. The smallest absolute Gasteiger partial charge is 0.0602 e. The first-order valence-electron chi connectivity index (χ1n) is 6.56. The van der Waals surface area contributed by atoms with Crippen LogP contribution in [0.1, 0.15) is 38.5 Å². The van der Waals surface area contributed by atoms with Gasteiger partial charge >= 0.3 is 0 Å². The zero-order chi connectivity index (χ0) is 9.28. The van der Waals surface area contributed by atoms with E-state index in [4.69, 9.17) is 0 Å². The molecule has 0 aromatic heterocycles. The fraction of sp³-hybridized carbons (Fsp3) is 1.00. The van der Waals surface area contributed by atoms with Gasteiger partial charge in [0, 0.05) is 0 Å². The van der Waals surface area contributed by atoms with Gasteiger partial charge in [-0.05, 0) is 61.2 Å². The van der Waals surface area contributed by atoms with Gasteiger partial charge in [-0.1, -0.05) is 12.8 Å². The molecule has 4 aliphatic carbocycles. The van der Waals surface area contributed by atoms with E-state index in [0.717, 1.165) is 35.5 Å². The summed E-state index contributed by atoms with van der Waals surface area (Å²) < 4.78 is 0. The van der Waals surface area contributed by atoms with E-state index in [1.54, 1.807) is 0 Å². The minimum Gasteiger partial charge on any atom is -0.393 e. The second-order valence-corrected chi connectivity index (χ2v) is 6.16. The Bertz CT molecular complexity index is 236. The molecule has 4 rings (SSSR count). The molecule has 1 heteroatoms. The number of hydrogen-bond donors (Lipinski definition) is 1. The summed E-state index contributed by atoms with van der Waals surface area (Å²) in [6.45, 7) is 0. The molecular weight excluding hydrogens is 172 g/mol. The third-order valence-corrected chi connectivity index (χ3v) is 6.01. The van der Waals surface area contributed by atoms with Gasteiger partial charge in [0.05, 0.1) is 6.10 Å². The van der Waals surface area contributed by atoms with Gasteiger partial charge < -0.3 is 5.11 Å². The third kappa shape index (κ3) is 0.743. The van der Waals surface area contributed by atoms with Crippen molar-refractivity contribution in [2.75, 3.05) is 0 Å². The Morgan fingerprint density at radius 2 is 1.14 bits per heavy atom. The van der Waals surface area contributed by atoms with Gasteiger partial charge in [0.1, 0.15) is 0 Å². The minimum absolute atomic E-state index is 0.107. The van der Waals surface area contributed by atoms with Crippen LogP contribution >= 0.6 is 0 Å². The fourth-order valence-corrected chi connectivity index (χ4v) is 5.66. The van der Waals surface area contributed by atoms with Crippen molar-refractivity contribution in [3.8, 4) is 0 Å². The summed E-state index contributed by atoms with van der Waals surface area (Å²) >= 11 is 0. The Morgan fingerprint density at radius 3 is 1.64 bits per heavy atom. The monoisotopic (exact) mass is 192 g/mol. The van der Waals surface area contributed by atoms with Crippen LogP contribution in [0.3, 0.4) is 0 Å². The lowest BCUT2D eigenvalue weighted by molar-refractivity contribution is -0.0850. The van der Waals surface area contributed by atoms with E-state index in [-0.39, 0.29) is 6.10 Å². The predicted molar refractivity (Wildman–Crippen MR) is 54.6 cm³/mol. The van der Waals surface area contributed by atoms with Crippen LogP contribution in [0.2, 0.25) is 0 Å². The van der Waals surface area contributed by atoms with E-state index in [1.807, 2.05) is 0 Å². The number of aliphatic hydroxyl groups is 1. The van der Waals surface area contributed by atoms with E-state index in [1.165, 1.54) is 38.5 Å². The summed E-state index contributed by atoms with van der Waals surface area (Å²) in [4.78, 5) is 0. The van der Waals surface area contributed by atoms with Crippen LogP contribution in [0, 0.1) is 35.5 Å². The summed E-state index contributed by atoms with van der Waals surface area (Å²) in [5.41, 5.74) is 0. The van der Waals surface area contributed by atoms with E-state index < -0.39 is 0 Å². The Kier molecular flexibility index (Phi) is 1.49. The third-order valence-electron chi connectivity index (χ3n) is 6.01. The van der Waals surface area contributed by atoms with E-state index >= 15 is 0 Å². The lowest BCUT2D eigenvalue weighted by Gasteiger charge is -2.56. The molecule has 1 N–H and O–H groups in total. The zero-order valence-electron chi connectivity index (χ0n) is 8.73. The van der Waals surface area contributed by atoms with Gasteiger partial charge in [-0.25, -0.2) is 0 Å². The first-order valence-corrected chi connectivity index (χ1v) is 6.56. The molecule has 4 fully saturated rings. The molecule has 0 aromatic carbocycles. The summed E-state index contributed by atoms with van der Waals surface area (Å²) in [6, 6.07) is 0. The predicted octanol–water partition coefficient (Wildman–Crippen LogP) is 2.44. The van der Waals surface area contributed by atoms with Crippen molar-refractivity contribution < 1.29 is 5.11 Å². The molecule has 2 bridgehead atoms. The minimum atomic E-state index is 0.107. The first kappa shape index (κ1) is 8.15. The van der Waals surface area contributed by atoms with Crippen molar-refractivity contribution in [2.24, 2.45) is 35.5 Å². The first-order chi connectivity index (χ1) is 6.88. The largest absolute Gasteiger partial charge is 0.393 e. The van der Waals surface area contributed by atoms with Gasteiger partial charge in [0.2, 0.25) is 0 Å². The maximum absolute atomic E-state index is 10.2. The molecule has 14 heavy (non-hydrogen) atoms. The zero-order valence-corrected chi connectivity index (χ0v) is 8.73. The number of hydrogen-bond acceptors (Lipinski definition) is 1. The van der Waals surface area contributed by atoms with Gasteiger partial charge in [-0.3, -0.25) is 0 Å². The van der Waals surface area contributed by atoms with Crippen molar-refractivity contribution in [3.05, 3.63) is 0 Å². The van der Waals surface area contributed by atoms with Crippen molar-refractivity contribution in [2.45, 2.75) is 44.6 Å². The van der Waals surface area contributed by atoms with Gasteiger partial charge in [0.15, 0.2) is 0 Å². The quantitative estimate of drug-likeness (QED) is 0.625. The highest BCUT2D eigenvalue weighted by molar-refractivity contribution is 5.14. The van der Waals surface area contributed by atoms with Gasteiger partial charge in [-0.2, -0.15) is 0 Å². The lowest BCUT2D eigenvalue weighted by atomic mass is 9.48. The SMILES string of the molecule is OC1[C@H]2CC[C@@H]1[C@H]1[C@@H]3CCCC[C@@H]3[C@H]12. The summed E-state index contributed by atoms with van der Waals surface area (Å²) in [7, 11) is 0. The molecule has 0 saturated heterocycles. The van der Waals surface area contributed by atoms with Crippen molar-refractivity contribution in [1.29, 1.82) is 0 Å². The summed E-state index contributed by atoms with van der Waals surface area (Å²) in [5.74, 6) is 5.47. The molecule has 78 valence electrons. The van der Waals surface area contributed by atoms with Crippen molar-refractivity contribution >= 4 is 0 Å².